The summed E-state index contributed by atoms with van der Waals surface area (Å²) in [5.74, 6) is 0.601. The SMILES string of the molecule is Clc1cccc2oc3cc4nc(-c5ccccc5)oc4cc3c12. The van der Waals surface area contributed by atoms with Gasteiger partial charge in [-0.25, -0.2) is 4.98 Å². The summed E-state index contributed by atoms with van der Waals surface area (Å²) in [4.78, 5) is 4.57. The van der Waals surface area contributed by atoms with Gasteiger partial charge in [-0.3, -0.25) is 0 Å². The number of furan rings is 1. The van der Waals surface area contributed by atoms with Gasteiger partial charge in [0.15, 0.2) is 5.58 Å². The van der Waals surface area contributed by atoms with Crippen molar-refractivity contribution in [1.82, 2.24) is 4.98 Å². The van der Waals surface area contributed by atoms with E-state index in [1.54, 1.807) is 0 Å². The Kier molecular flexibility index (Phi) is 2.55. The second-order valence-corrected chi connectivity index (χ2v) is 5.82. The van der Waals surface area contributed by atoms with Gasteiger partial charge in [-0.05, 0) is 30.3 Å². The van der Waals surface area contributed by atoms with E-state index in [9.17, 15) is 0 Å². The first-order valence-electron chi connectivity index (χ1n) is 7.26. The van der Waals surface area contributed by atoms with Crippen LogP contribution in [0.4, 0.5) is 0 Å². The lowest BCUT2D eigenvalue weighted by Gasteiger charge is -1.92. The number of nitrogens with zero attached hydrogens (tertiary/aromatic N) is 1. The summed E-state index contributed by atoms with van der Waals surface area (Å²) < 4.78 is 11.8. The summed E-state index contributed by atoms with van der Waals surface area (Å²) in [7, 11) is 0. The molecule has 2 heterocycles. The maximum Gasteiger partial charge on any atom is 0.227 e. The molecule has 4 heteroatoms. The van der Waals surface area contributed by atoms with Crippen molar-refractivity contribution in [2.24, 2.45) is 0 Å². The van der Waals surface area contributed by atoms with Crippen LogP contribution in [0.3, 0.4) is 0 Å². The first kappa shape index (κ1) is 12.7. The van der Waals surface area contributed by atoms with Crippen molar-refractivity contribution in [3.63, 3.8) is 0 Å². The normalized spacial score (nSPS) is 11.7. The molecule has 0 amide bonds. The molecule has 0 spiro atoms. The maximum absolute atomic E-state index is 6.32. The lowest BCUT2D eigenvalue weighted by atomic mass is 10.1. The van der Waals surface area contributed by atoms with E-state index in [-0.39, 0.29) is 0 Å². The Labute approximate surface area is 136 Å². The van der Waals surface area contributed by atoms with Gasteiger partial charge in [0.2, 0.25) is 5.89 Å². The van der Waals surface area contributed by atoms with Crippen molar-refractivity contribution in [2.45, 2.75) is 0 Å². The van der Waals surface area contributed by atoms with Gasteiger partial charge >= 0.3 is 0 Å². The Morgan fingerprint density at radius 2 is 1.65 bits per heavy atom. The van der Waals surface area contributed by atoms with Crippen molar-refractivity contribution in [1.29, 1.82) is 0 Å². The number of hydrogen-bond acceptors (Lipinski definition) is 3. The Hall–Kier alpha value is -2.78. The predicted molar refractivity (Wildman–Crippen MR) is 91.7 cm³/mol. The molecule has 0 aliphatic heterocycles. The summed E-state index contributed by atoms with van der Waals surface area (Å²) in [5, 5.41) is 2.51. The summed E-state index contributed by atoms with van der Waals surface area (Å²) in [6.45, 7) is 0. The Bertz CT molecular complexity index is 1170. The van der Waals surface area contributed by atoms with E-state index in [1.165, 1.54) is 0 Å². The number of halogens is 1. The quantitative estimate of drug-likeness (QED) is 0.377. The zero-order valence-corrected chi connectivity index (χ0v) is 12.7. The van der Waals surface area contributed by atoms with Gasteiger partial charge in [0.1, 0.15) is 16.7 Å². The highest BCUT2D eigenvalue weighted by Crippen LogP contribution is 2.36. The molecular weight excluding hydrogens is 310 g/mol. The highest BCUT2D eigenvalue weighted by molar-refractivity contribution is 6.37. The van der Waals surface area contributed by atoms with Crippen molar-refractivity contribution in [2.75, 3.05) is 0 Å². The molecule has 0 fully saturated rings. The van der Waals surface area contributed by atoms with Crippen molar-refractivity contribution in [3.8, 4) is 11.5 Å². The molecule has 23 heavy (non-hydrogen) atoms. The third-order valence-corrected chi connectivity index (χ3v) is 4.29. The zero-order chi connectivity index (χ0) is 15.4. The van der Waals surface area contributed by atoms with Crippen LogP contribution in [0.2, 0.25) is 5.02 Å². The third kappa shape index (κ3) is 1.87. The topological polar surface area (TPSA) is 39.2 Å². The van der Waals surface area contributed by atoms with Crippen LogP contribution in [0.25, 0.3) is 44.5 Å². The summed E-state index contributed by atoms with van der Waals surface area (Å²) in [6.07, 6.45) is 0. The van der Waals surface area contributed by atoms with Gasteiger partial charge < -0.3 is 8.83 Å². The van der Waals surface area contributed by atoms with Gasteiger partial charge in [-0.15, -0.1) is 0 Å². The number of benzene rings is 3. The lowest BCUT2D eigenvalue weighted by molar-refractivity contribution is 0.620. The van der Waals surface area contributed by atoms with E-state index >= 15 is 0 Å². The van der Waals surface area contributed by atoms with E-state index in [0.29, 0.717) is 10.9 Å². The molecule has 0 atom stereocenters. The van der Waals surface area contributed by atoms with Gasteiger partial charge in [-0.1, -0.05) is 35.9 Å². The highest BCUT2D eigenvalue weighted by atomic mass is 35.5. The molecular formula is C19H10ClNO2. The van der Waals surface area contributed by atoms with Crippen LogP contribution in [0.1, 0.15) is 0 Å². The minimum Gasteiger partial charge on any atom is -0.456 e. The van der Waals surface area contributed by atoms with E-state index in [0.717, 1.165) is 38.6 Å². The lowest BCUT2D eigenvalue weighted by Crippen LogP contribution is -1.74. The molecule has 110 valence electrons. The monoisotopic (exact) mass is 319 g/mol. The fraction of sp³-hybridized carbons (Fsp3) is 0. The second-order valence-electron chi connectivity index (χ2n) is 5.42. The maximum atomic E-state index is 6.32. The van der Waals surface area contributed by atoms with Gasteiger partial charge in [0.25, 0.3) is 0 Å². The first-order valence-corrected chi connectivity index (χ1v) is 7.64. The summed E-state index contributed by atoms with van der Waals surface area (Å²) in [6, 6.07) is 19.3. The first-order chi connectivity index (χ1) is 11.3. The van der Waals surface area contributed by atoms with Crippen molar-refractivity contribution in [3.05, 3.63) is 65.7 Å². The molecule has 0 saturated heterocycles. The molecule has 5 rings (SSSR count). The minimum atomic E-state index is 0.601. The molecule has 0 saturated carbocycles. The molecule has 2 aromatic heterocycles. The molecule has 0 radical (unpaired) electrons. The highest BCUT2D eigenvalue weighted by Gasteiger charge is 2.14. The third-order valence-electron chi connectivity index (χ3n) is 3.98. The number of hydrogen-bond donors (Lipinski definition) is 0. The van der Waals surface area contributed by atoms with Gasteiger partial charge in [-0.2, -0.15) is 0 Å². The fourth-order valence-electron chi connectivity index (χ4n) is 2.91. The van der Waals surface area contributed by atoms with Crippen LogP contribution in [0.15, 0.2) is 69.5 Å². The van der Waals surface area contributed by atoms with E-state index in [2.05, 4.69) is 4.98 Å². The Balaban J connectivity index is 1.82. The Morgan fingerprint density at radius 3 is 2.52 bits per heavy atom. The summed E-state index contributed by atoms with van der Waals surface area (Å²) in [5.41, 5.74) is 3.96. The largest absolute Gasteiger partial charge is 0.456 e. The van der Waals surface area contributed by atoms with E-state index in [1.807, 2.05) is 60.7 Å². The van der Waals surface area contributed by atoms with Crippen LogP contribution < -0.4 is 0 Å². The van der Waals surface area contributed by atoms with Crippen LogP contribution in [0, 0.1) is 0 Å². The van der Waals surface area contributed by atoms with Crippen molar-refractivity contribution < 1.29 is 8.83 Å². The van der Waals surface area contributed by atoms with Crippen LogP contribution in [-0.2, 0) is 0 Å². The van der Waals surface area contributed by atoms with Gasteiger partial charge in [0.05, 0.1) is 5.02 Å². The fourth-order valence-corrected chi connectivity index (χ4v) is 3.18. The molecule has 0 bridgehead atoms. The molecule has 0 N–H and O–H groups in total. The number of fused-ring (bicyclic) bond motifs is 4. The predicted octanol–water partition coefficient (Wildman–Crippen LogP) is 6.05. The smallest absolute Gasteiger partial charge is 0.227 e. The number of rotatable bonds is 1. The van der Waals surface area contributed by atoms with Crippen LogP contribution in [0.5, 0.6) is 0 Å². The Morgan fingerprint density at radius 1 is 0.783 bits per heavy atom. The molecule has 3 nitrogen and oxygen atoms in total. The minimum absolute atomic E-state index is 0.601. The average molecular weight is 320 g/mol. The van der Waals surface area contributed by atoms with E-state index < -0.39 is 0 Å². The van der Waals surface area contributed by atoms with Crippen LogP contribution >= 0.6 is 11.6 Å². The van der Waals surface area contributed by atoms with Crippen LogP contribution in [-0.4, -0.2) is 4.98 Å². The molecule has 0 aliphatic rings. The zero-order valence-electron chi connectivity index (χ0n) is 11.9. The average Bonchev–Trinajstić information content (AvgIpc) is 3.14. The number of aromatic nitrogens is 1. The van der Waals surface area contributed by atoms with E-state index in [4.69, 9.17) is 20.4 Å². The standard InChI is InChI=1S/C19H10ClNO2/c20-13-7-4-8-15-18(13)12-9-17-14(10-16(12)22-15)21-19(23-17)11-5-2-1-3-6-11/h1-10H. The number of oxazole rings is 1. The summed E-state index contributed by atoms with van der Waals surface area (Å²) >= 11 is 6.32. The molecule has 3 aromatic carbocycles. The molecule has 0 aliphatic carbocycles. The molecule has 0 unspecified atom stereocenters. The van der Waals surface area contributed by atoms with Gasteiger partial charge in [0, 0.05) is 22.4 Å². The van der Waals surface area contributed by atoms with Crippen molar-refractivity contribution >= 4 is 44.6 Å². The second kappa shape index (κ2) is 4.61. The molecule has 5 aromatic rings.